The third kappa shape index (κ3) is 3.87. The second-order valence-corrected chi connectivity index (χ2v) is 5.34. The van der Waals surface area contributed by atoms with Crippen LogP contribution < -0.4 is 5.32 Å². The van der Waals surface area contributed by atoms with E-state index in [-0.39, 0.29) is 0 Å². The molecule has 0 amide bonds. The van der Waals surface area contributed by atoms with Gasteiger partial charge in [0.05, 0.1) is 0 Å². The predicted molar refractivity (Wildman–Crippen MR) is 66.6 cm³/mol. The smallest absolute Gasteiger partial charge is 0.0212 e. The monoisotopic (exact) mass is 207 g/mol. The van der Waals surface area contributed by atoms with Gasteiger partial charge in [-0.05, 0) is 30.6 Å². The van der Waals surface area contributed by atoms with Crippen molar-refractivity contribution in [1.82, 2.24) is 5.32 Å². The van der Waals surface area contributed by atoms with E-state index in [9.17, 15) is 0 Å². The SMILES string of the molecule is C#CCCNC1CC(C)CCC1C(C)C. The Balaban J connectivity index is 2.43. The summed E-state index contributed by atoms with van der Waals surface area (Å²) in [5, 5.41) is 3.64. The molecule has 1 rings (SSSR count). The highest BCUT2D eigenvalue weighted by molar-refractivity contribution is 4.88. The van der Waals surface area contributed by atoms with Crippen molar-refractivity contribution in [1.29, 1.82) is 0 Å². The van der Waals surface area contributed by atoms with E-state index in [4.69, 9.17) is 6.42 Å². The van der Waals surface area contributed by atoms with Gasteiger partial charge in [-0.3, -0.25) is 0 Å². The molecule has 1 fully saturated rings. The summed E-state index contributed by atoms with van der Waals surface area (Å²) in [5.74, 6) is 5.22. The van der Waals surface area contributed by atoms with Crippen molar-refractivity contribution in [2.45, 2.75) is 52.5 Å². The number of hydrogen-bond acceptors (Lipinski definition) is 1. The maximum Gasteiger partial charge on any atom is 0.0212 e. The summed E-state index contributed by atoms with van der Waals surface area (Å²) in [5.41, 5.74) is 0. The second kappa shape index (κ2) is 6.18. The molecule has 3 atom stereocenters. The normalized spacial score (nSPS) is 31.5. The van der Waals surface area contributed by atoms with Crippen molar-refractivity contribution in [3.63, 3.8) is 0 Å². The summed E-state index contributed by atoms with van der Waals surface area (Å²) in [4.78, 5) is 0. The topological polar surface area (TPSA) is 12.0 Å². The van der Waals surface area contributed by atoms with Crippen LogP contribution in [0.1, 0.15) is 46.5 Å². The van der Waals surface area contributed by atoms with Gasteiger partial charge in [-0.15, -0.1) is 12.3 Å². The molecule has 0 saturated heterocycles. The van der Waals surface area contributed by atoms with E-state index < -0.39 is 0 Å². The van der Waals surface area contributed by atoms with Crippen molar-refractivity contribution < 1.29 is 0 Å². The van der Waals surface area contributed by atoms with Gasteiger partial charge in [-0.1, -0.05) is 27.2 Å². The minimum absolute atomic E-state index is 0.696. The van der Waals surface area contributed by atoms with Crippen LogP contribution in [0.4, 0.5) is 0 Å². The van der Waals surface area contributed by atoms with Gasteiger partial charge < -0.3 is 5.32 Å². The zero-order valence-electron chi connectivity index (χ0n) is 10.4. The van der Waals surface area contributed by atoms with Crippen LogP contribution in [0.5, 0.6) is 0 Å². The Morgan fingerprint density at radius 1 is 1.40 bits per heavy atom. The van der Waals surface area contributed by atoms with Crippen LogP contribution in [0, 0.1) is 30.1 Å². The van der Waals surface area contributed by atoms with Crippen LogP contribution >= 0.6 is 0 Å². The number of rotatable bonds is 4. The molecule has 1 N–H and O–H groups in total. The van der Waals surface area contributed by atoms with Crippen LogP contribution in [-0.2, 0) is 0 Å². The van der Waals surface area contributed by atoms with E-state index in [1.54, 1.807) is 0 Å². The largest absolute Gasteiger partial charge is 0.313 e. The van der Waals surface area contributed by atoms with Gasteiger partial charge in [0.25, 0.3) is 0 Å². The van der Waals surface area contributed by atoms with Crippen LogP contribution in [-0.4, -0.2) is 12.6 Å². The molecular weight excluding hydrogens is 182 g/mol. The Morgan fingerprint density at radius 2 is 2.13 bits per heavy atom. The summed E-state index contributed by atoms with van der Waals surface area (Å²) in [6.45, 7) is 8.04. The minimum Gasteiger partial charge on any atom is -0.313 e. The second-order valence-electron chi connectivity index (χ2n) is 5.34. The van der Waals surface area contributed by atoms with Crippen LogP contribution in [0.2, 0.25) is 0 Å². The van der Waals surface area contributed by atoms with Crippen molar-refractivity contribution >= 4 is 0 Å². The molecule has 86 valence electrons. The first-order chi connectivity index (χ1) is 7.15. The Hall–Kier alpha value is -0.480. The molecular formula is C14H25N. The molecule has 1 aliphatic rings. The van der Waals surface area contributed by atoms with Gasteiger partial charge in [0.15, 0.2) is 0 Å². The summed E-state index contributed by atoms with van der Waals surface area (Å²) >= 11 is 0. The molecule has 0 aromatic heterocycles. The molecule has 3 unspecified atom stereocenters. The highest BCUT2D eigenvalue weighted by atomic mass is 14.9. The Kier molecular flexibility index (Phi) is 5.19. The zero-order valence-corrected chi connectivity index (χ0v) is 10.4. The molecule has 1 aliphatic carbocycles. The molecule has 0 aromatic rings. The first kappa shape index (κ1) is 12.6. The minimum atomic E-state index is 0.696. The van der Waals surface area contributed by atoms with Crippen molar-refractivity contribution in [3.8, 4) is 12.3 Å². The molecule has 0 heterocycles. The van der Waals surface area contributed by atoms with E-state index in [0.717, 1.165) is 30.7 Å². The predicted octanol–water partition coefficient (Wildman–Crippen LogP) is 3.06. The lowest BCUT2D eigenvalue weighted by molar-refractivity contribution is 0.171. The number of terminal acetylenes is 1. The quantitative estimate of drug-likeness (QED) is 0.552. The van der Waals surface area contributed by atoms with Crippen LogP contribution in [0.15, 0.2) is 0 Å². The number of nitrogens with one attached hydrogen (secondary N) is 1. The summed E-state index contributed by atoms with van der Waals surface area (Å²) in [6, 6.07) is 0.696. The molecule has 0 aliphatic heterocycles. The standard InChI is InChI=1S/C14H25N/c1-5-6-9-15-14-10-12(4)7-8-13(14)11(2)3/h1,11-15H,6-10H2,2-4H3. The van der Waals surface area contributed by atoms with Gasteiger partial charge >= 0.3 is 0 Å². The van der Waals surface area contributed by atoms with Gasteiger partial charge in [0.1, 0.15) is 0 Å². The van der Waals surface area contributed by atoms with E-state index in [1.165, 1.54) is 19.3 Å². The lowest BCUT2D eigenvalue weighted by Crippen LogP contribution is -2.43. The van der Waals surface area contributed by atoms with Crippen molar-refractivity contribution in [3.05, 3.63) is 0 Å². The Labute approximate surface area is 95.0 Å². The van der Waals surface area contributed by atoms with Crippen LogP contribution in [0.25, 0.3) is 0 Å². The molecule has 0 aromatic carbocycles. The van der Waals surface area contributed by atoms with E-state index in [0.29, 0.717) is 6.04 Å². The Morgan fingerprint density at radius 3 is 2.73 bits per heavy atom. The summed E-state index contributed by atoms with van der Waals surface area (Å²) in [7, 11) is 0. The van der Waals surface area contributed by atoms with E-state index >= 15 is 0 Å². The zero-order chi connectivity index (χ0) is 11.3. The molecule has 0 spiro atoms. The highest BCUT2D eigenvalue weighted by Crippen LogP contribution is 2.33. The van der Waals surface area contributed by atoms with Gasteiger partial charge in [0, 0.05) is 19.0 Å². The third-order valence-corrected chi connectivity index (χ3v) is 3.70. The number of hydrogen-bond donors (Lipinski definition) is 1. The first-order valence-corrected chi connectivity index (χ1v) is 6.32. The van der Waals surface area contributed by atoms with Gasteiger partial charge in [0.2, 0.25) is 0 Å². The van der Waals surface area contributed by atoms with Crippen molar-refractivity contribution in [2.75, 3.05) is 6.54 Å². The van der Waals surface area contributed by atoms with Crippen LogP contribution in [0.3, 0.4) is 0 Å². The molecule has 1 saturated carbocycles. The maximum absolute atomic E-state index is 5.28. The first-order valence-electron chi connectivity index (χ1n) is 6.32. The molecule has 0 radical (unpaired) electrons. The lowest BCUT2D eigenvalue weighted by Gasteiger charge is -2.38. The van der Waals surface area contributed by atoms with Gasteiger partial charge in [-0.2, -0.15) is 0 Å². The molecule has 0 bridgehead atoms. The Bertz CT molecular complexity index is 214. The molecule has 1 nitrogen and oxygen atoms in total. The maximum atomic E-state index is 5.28. The molecule has 1 heteroatoms. The fraction of sp³-hybridized carbons (Fsp3) is 0.857. The van der Waals surface area contributed by atoms with E-state index in [2.05, 4.69) is 32.0 Å². The van der Waals surface area contributed by atoms with Crippen molar-refractivity contribution in [2.24, 2.45) is 17.8 Å². The highest BCUT2D eigenvalue weighted by Gasteiger charge is 2.29. The third-order valence-electron chi connectivity index (χ3n) is 3.70. The fourth-order valence-electron chi connectivity index (χ4n) is 2.77. The molecule has 15 heavy (non-hydrogen) atoms. The van der Waals surface area contributed by atoms with E-state index in [1.807, 2.05) is 0 Å². The summed E-state index contributed by atoms with van der Waals surface area (Å²) < 4.78 is 0. The van der Waals surface area contributed by atoms with Gasteiger partial charge in [-0.25, -0.2) is 0 Å². The average molecular weight is 207 g/mol. The lowest BCUT2D eigenvalue weighted by atomic mass is 9.74. The fourth-order valence-corrected chi connectivity index (χ4v) is 2.77. The average Bonchev–Trinajstić information content (AvgIpc) is 2.18. The summed E-state index contributed by atoms with van der Waals surface area (Å²) in [6.07, 6.45) is 10.2.